The Balaban J connectivity index is 2.18. The summed E-state index contributed by atoms with van der Waals surface area (Å²) in [6.07, 6.45) is 0.187. The Hall–Kier alpha value is -2.14. The van der Waals surface area contributed by atoms with Crippen LogP contribution in [0.5, 0.6) is 0 Å². The summed E-state index contributed by atoms with van der Waals surface area (Å²) in [7, 11) is 0. The van der Waals surface area contributed by atoms with Gasteiger partial charge in [0.2, 0.25) is 5.91 Å². The zero-order chi connectivity index (χ0) is 15.4. The minimum atomic E-state index is -1.06. The topological polar surface area (TPSA) is 66.4 Å². The minimum Gasteiger partial charge on any atom is -0.478 e. The normalized spacial score (nSPS) is 10.2. The number of aryl methyl sites for hydroxylation is 1. The van der Waals surface area contributed by atoms with E-state index < -0.39 is 5.97 Å². The highest BCUT2D eigenvalue weighted by Gasteiger charge is 2.14. The van der Waals surface area contributed by atoms with Gasteiger partial charge in [0.25, 0.3) is 0 Å². The molecule has 0 bridgehead atoms. The minimum absolute atomic E-state index is 0.0950. The molecule has 0 aliphatic carbocycles. The molecular formula is C16H14BrNO3. The Morgan fingerprint density at radius 1 is 1.19 bits per heavy atom. The van der Waals surface area contributed by atoms with Crippen molar-refractivity contribution in [1.82, 2.24) is 0 Å². The second-order valence-corrected chi connectivity index (χ2v) is 5.57. The summed E-state index contributed by atoms with van der Waals surface area (Å²) in [5.74, 6) is -1.30. The molecule has 0 saturated heterocycles. The molecule has 0 radical (unpaired) electrons. The van der Waals surface area contributed by atoms with Crippen LogP contribution >= 0.6 is 15.9 Å². The summed E-state index contributed by atoms with van der Waals surface area (Å²) in [6.45, 7) is 1.77. The van der Waals surface area contributed by atoms with Crippen molar-refractivity contribution < 1.29 is 14.7 Å². The summed E-state index contributed by atoms with van der Waals surface area (Å²) in [4.78, 5) is 23.3. The van der Waals surface area contributed by atoms with E-state index in [0.29, 0.717) is 5.69 Å². The van der Waals surface area contributed by atoms with Crippen LogP contribution in [0.4, 0.5) is 5.69 Å². The van der Waals surface area contributed by atoms with Gasteiger partial charge in [-0.05, 0) is 36.2 Å². The quantitative estimate of drug-likeness (QED) is 0.887. The summed E-state index contributed by atoms with van der Waals surface area (Å²) < 4.78 is 0.898. The van der Waals surface area contributed by atoms with Gasteiger partial charge in [0, 0.05) is 4.47 Å². The van der Waals surface area contributed by atoms with Crippen molar-refractivity contribution in [1.29, 1.82) is 0 Å². The zero-order valence-electron chi connectivity index (χ0n) is 11.4. The number of carbonyl (C=O) groups is 2. The number of para-hydroxylation sites is 1. The lowest BCUT2D eigenvalue weighted by Gasteiger charge is -2.11. The molecule has 0 atom stereocenters. The van der Waals surface area contributed by atoms with Gasteiger partial charge >= 0.3 is 5.97 Å². The van der Waals surface area contributed by atoms with Crippen molar-refractivity contribution >= 4 is 33.5 Å². The number of amides is 1. The maximum atomic E-state index is 12.1. The molecule has 1 amide bonds. The van der Waals surface area contributed by atoms with Gasteiger partial charge in [-0.2, -0.15) is 0 Å². The SMILES string of the molecule is Cc1cccc(C(=O)O)c1NC(=O)Cc1cccc(Br)c1. The van der Waals surface area contributed by atoms with Crippen LogP contribution in [0, 0.1) is 6.92 Å². The highest BCUT2D eigenvalue weighted by Crippen LogP contribution is 2.21. The second-order valence-electron chi connectivity index (χ2n) is 4.66. The van der Waals surface area contributed by atoms with E-state index in [-0.39, 0.29) is 17.9 Å². The number of benzene rings is 2. The van der Waals surface area contributed by atoms with Crippen LogP contribution in [0.2, 0.25) is 0 Å². The highest BCUT2D eigenvalue weighted by molar-refractivity contribution is 9.10. The summed E-state index contributed by atoms with van der Waals surface area (Å²) >= 11 is 3.35. The Morgan fingerprint density at radius 2 is 1.90 bits per heavy atom. The van der Waals surface area contributed by atoms with E-state index in [1.165, 1.54) is 6.07 Å². The maximum absolute atomic E-state index is 12.1. The molecule has 21 heavy (non-hydrogen) atoms. The lowest BCUT2D eigenvalue weighted by atomic mass is 10.1. The average molecular weight is 348 g/mol. The zero-order valence-corrected chi connectivity index (χ0v) is 13.0. The summed E-state index contributed by atoms with van der Waals surface area (Å²) in [5.41, 5.74) is 2.02. The van der Waals surface area contributed by atoms with Crippen molar-refractivity contribution in [3.63, 3.8) is 0 Å². The van der Waals surface area contributed by atoms with Crippen molar-refractivity contribution in [2.75, 3.05) is 5.32 Å². The predicted molar refractivity (Wildman–Crippen MR) is 84.6 cm³/mol. The van der Waals surface area contributed by atoms with Gasteiger partial charge in [-0.15, -0.1) is 0 Å². The first-order valence-corrected chi connectivity index (χ1v) is 7.14. The molecule has 2 aromatic carbocycles. The number of carbonyl (C=O) groups excluding carboxylic acids is 1. The Labute approximate surface area is 130 Å². The first-order chi connectivity index (χ1) is 9.97. The van der Waals surface area contributed by atoms with Crippen LogP contribution in [0.15, 0.2) is 46.9 Å². The molecule has 2 rings (SSSR count). The smallest absolute Gasteiger partial charge is 0.337 e. The monoisotopic (exact) mass is 347 g/mol. The number of carboxylic acids is 1. The highest BCUT2D eigenvalue weighted by atomic mass is 79.9. The lowest BCUT2D eigenvalue weighted by molar-refractivity contribution is -0.115. The fraction of sp³-hybridized carbons (Fsp3) is 0.125. The molecule has 4 nitrogen and oxygen atoms in total. The average Bonchev–Trinajstić information content (AvgIpc) is 2.40. The van der Waals surface area contributed by atoms with Crippen LogP contribution in [-0.4, -0.2) is 17.0 Å². The van der Waals surface area contributed by atoms with Crippen LogP contribution in [0.25, 0.3) is 0 Å². The molecule has 0 aliphatic heterocycles. The molecule has 0 fully saturated rings. The molecule has 0 unspecified atom stereocenters. The number of aromatic carboxylic acids is 1. The van der Waals surface area contributed by atoms with E-state index in [2.05, 4.69) is 21.2 Å². The van der Waals surface area contributed by atoms with Gasteiger partial charge in [0.05, 0.1) is 17.7 Å². The van der Waals surface area contributed by atoms with Gasteiger partial charge in [-0.3, -0.25) is 4.79 Å². The Bertz CT molecular complexity index is 698. The van der Waals surface area contributed by atoms with E-state index in [1.807, 2.05) is 24.3 Å². The number of anilines is 1. The van der Waals surface area contributed by atoms with Crippen LogP contribution < -0.4 is 5.32 Å². The molecule has 2 N–H and O–H groups in total. The molecular weight excluding hydrogens is 334 g/mol. The van der Waals surface area contributed by atoms with Crippen LogP contribution in [0.1, 0.15) is 21.5 Å². The molecule has 0 aromatic heterocycles. The maximum Gasteiger partial charge on any atom is 0.337 e. The third-order valence-corrected chi connectivity index (χ3v) is 3.51. The summed E-state index contributed by atoms with van der Waals surface area (Å²) in [6, 6.07) is 12.3. The fourth-order valence-electron chi connectivity index (χ4n) is 2.03. The number of halogens is 1. The molecule has 0 heterocycles. The van der Waals surface area contributed by atoms with Crippen molar-refractivity contribution in [2.45, 2.75) is 13.3 Å². The molecule has 2 aromatic rings. The number of nitrogens with one attached hydrogen (secondary N) is 1. The molecule has 0 spiro atoms. The Morgan fingerprint density at radius 3 is 2.57 bits per heavy atom. The van der Waals surface area contributed by atoms with E-state index in [4.69, 9.17) is 0 Å². The fourth-order valence-corrected chi connectivity index (χ4v) is 2.47. The van der Waals surface area contributed by atoms with Crippen molar-refractivity contribution in [3.8, 4) is 0 Å². The second kappa shape index (κ2) is 6.54. The molecule has 0 saturated carbocycles. The molecule has 0 aliphatic rings. The lowest BCUT2D eigenvalue weighted by Crippen LogP contribution is -2.17. The van der Waals surface area contributed by atoms with Gasteiger partial charge in [0.1, 0.15) is 0 Å². The van der Waals surface area contributed by atoms with Crippen LogP contribution in [0.3, 0.4) is 0 Å². The third kappa shape index (κ3) is 3.92. The number of hydrogen-bond acceptors (Lipinski definition) is 2. The van der Waals surface area contributed by atoms with Crippen molar-refractivity contribution in [2.24, 2.45) is 0 Å². The molecule has 108 valence electrons. The van der Waals surface area contributed by atoms with E-state index >= 15 is 0 Å². The van der Waals surface area contributed by atoms with E-state index in [9.17, 15) is 14.7 Å². The van der Waals surface area contributed by atoms with Gasteiger partial charge in [0.15, 0.2) is 0 Å². The standard InChI is InChI=1S/C16H14BrNO3/c1-10-4-2-7-13(16(20)21)15(10)18-14(19)9-11-5-3-6-12(17)8-11/h2-8H,9H2,1H3,(H,18,19)(H,20,21). The molecule has 5 heteroatoms. The predicted octanol–water partition coefficient (Wildman–Crippen LogP) is 3.64. The number of hydrogen-bond donors (Lipinski definition) is 2. The largest absolute Gasteiger partial charge is 0.478 e. The van der Waals surface area contributed by atoms with E-state index in [1.54, 1.807) is 19.1 Å². The van der Waals surface area contributed by atoms with Gasteiger partial charge < -0.3 is 10.4 Å². The first kappa shape index (κ1) is 15.3. The Kier molecular flexibility index (Phi) is 4.75. The number of rotatable bonds is 4. The summed E-state index contributed by atoms with van der Waals surface area (Å²) in [5, 5.41) is 11.9. The third-order valence-electron chi connectivity index (χ3n) is 3.02. The van der Waals surface area contributed by atoms with Crippen molar-refractivity contribution in [3.05, 3.63) is 63.6 Å². The van der Waals surface area contributed by atoms with Gasteiger partial charge in [-0.1, -0.05) is 40.2 Å². The first-order valence-electron chi connectivity index (χ1n) is 6.34. The van der Waals surface area contributed by atoms with Crippen LogP contribution in [-0.2, 0) is 11.2 Å². The van der Waals surface area contributed by atoms with E-state index in [0.717, 1.165) is 15.6 Å². The number of carboxylic acid groups (broad SMARTS) is 1. The van der Waals surface area contributed by atoms with Gasteiger partial charge in [-0.25, -0.2) is 4.79 Å².